The van der Waals surface area contributed by atoms with Crippen molar-refractivity contribution in [1.29, 1.82) is 0 Å². The summed E-state index contributed by atoms with van der Waals surface area (Å²) in [6, 6.07) is 16.2. The van der Waals surface area contributed by atoms with E-state index in [1.54, 1.807) is 0 Å². The number of benzene rings is 2. The summed E-state index contributed by atoms with van der Waals surface area (Å²) < 4.78 is 1.92. The molecule has 3 N–H and O–H groups in total. The number of amides is 1. The van der Waals surface area contributed by atoms with Crippen LogP contribution in [-0.2, 0) is 13.1 Å². The average molecular weight is 491 g/mol. The van der Waals surface area contributed by atoms with Crippen molar-refractivity contribution < 1.29 is 4.79 Å². The molecule has 3 aromatic rings. The zero-order chi connectivity index (χ0) is 25.0. The molecule has 0 aliphatic heterocycles. The highest BCUT2D eigenvalue weighted by molar-refractivity contribution is 6.31. The number of aromatic nitrogens is 2. The maximum Gasteiger partial charge on any atom is 0.272 e. The maximum atomic E-state index is 13.5. The van der Waals surface area contributed by atoms with E-state index in [1.807, 2.05) is 41.9 Å². The molecule has 3 atom stereocenters. The van der Waals surface area contributed by atoms with Crippen molar-refractivity contribution in [2.75, 3.05) is 0 Å². The maximum absolute atomic E-state index is 13.5. The molecule has 1 aromatic heterocycles. The third kappa shape index (κ3) is 4.30. The summed E-state index contributed by atoms with van der Waals surface area (Å²) in [5.41, 5.74) is 11.5. The van der Waals surface area contributed by atoms with E-state index in [0.29, 0.717) is 24.7 Å². The van der Waals surface area contributed by atoms with Gasteiger partial charge in [0.05, 0.1) is 12.2 Å². The molecular formula is C29H35ClN4O. The lowest BCUT2D eigenvalue weighted by atomic mass is 9.68. The van der Waals surface area contributed by atoms with Gasteiger partial charge >= 0.3 is 0 Å². The summed E-state index contributed by atoms with van der Waals surface area (Å²) in [6.07, 6.45) is 3.62. The fourth-order valence-electron chi connectivity index (χ4n) is 6.51. The van der Waals surface area contributed by atoms with Crippen LogP contribution in [0.2, 0.25) is 5.02 Å². The Morgan fingerprint density at radius 1 is 1.14 bits per heavy atom. The van der Waals surface area contributed by atoms with Gasteiger partial charge in [0.25, 0.3) is 5.91 Å². The highest BCUT2D eigenvalue weighted by Crippen LogP contribution is 2.62. The Labute approximate surface area is 213 Å². The number of halogens is 1. The molecule has 2 aromatic carbocycles. The van der Waals surface area contributed by atoms with Crippen molar-refractivity contribution in [1.82, 2.24) is 15.1 Å². The second kappa shape index (κ2) is 8.79. The fourth-order valence-corrected chi connectivity index (χ4v) is 6.62. The van der Waals surface area contributed by atoms with Gasteiger partial charge in [-0.15, -0.1) is 0 Å². The lowest BCUT2D eigenvalue weighted by molar-refractivity contribution is 0.0732. The number of carbonyl (C=O) groups is 1. The second-order valence-corrected chi connectivity index (χ2v) is 11.8. The highest BCUT2D eigenvalue weighted by Gasteiger charge is 2.59. The molecule has 1 heterocycles. The Hall–Kier alpha value is -2.63. The standard InChI is InChI=1S/C29H35ClN4O/c1-18-13-21(9-10-23(18)30)25-14-24(33-34(25)17-20-7-5-19(16-31)6-8-20)26(35)32-27-28(2,3)22-11-12-29(27,4)15-22/h5-10,13-14,22,27H,11-12,15-17,31H2,1-4H3,(H,32,35). The Morgan fingerprint density at radius 2 is 1.86 bits per heavy atom. The van der Waals surface area contributed by atoms with E-state index >= 15 is 0 Å². The van der Waals surface area contributed by atoms with Crippen LogP contribution in [0.3, 0.4) is 0 Å². The van der Waals surface area contributed by atoms with E-state index in [1.165, 1.54) is 19.3 Å². The first-order chi connectivity index (χ1) is 16.6. The number of carbonyl (C=O) groups excluding carboxylic acids is 1. The van der Waals surface area contributed by atoms with Crippen LogP contribution in [0, 0.1) is 23.7 Å². The van der Waals surface area contributed by atoms with Crippen LogP contribution in [0.15, 0.2) is 48.5 Å². The molecule has 2 aliphatic rings. The Balaban J connectivity index is 1.48. The molecule has 2 saturated carbocycles. The quantitative estimate of drug-likeness (QED) is 0.447. The van der Waals surface area contributed by atoms with E-state index in [-0.39, 0.29) is 22.8 Å². The van der Waals surface area contributed by atoms with Crippen LogP contribution < -0.4 is 11.1 Å². The molecule has 6 heteroatoms. The van der Waals surface area contributed by atoms with Gasteiger partial charge in [-0.3, -0.25) is 9.48 Å². The summed E-state index contributed by atoms with van der Waals surface area (Å²) in [5, 5.41) is 8.92. The predicted molar refractivity (Wildman–Crippen MR) is 141 cm³/mol. The largest absolute Gasteiger partial charge is 0.347 e. The minimum atomic E-state index is -0.0963. The minimum absolute atomic E-state index is 0.0894. The van der Waals surface area contributed by atoms with Gasteiger partial charge in [-0.1, -0.05) is 62.7 Å². The van der Waals surface area contributed by atoms with E-state index in [2.05, 4.69) is 44.3 Å². The van der Waals surface area contributed by atoms with Crippen molar-refractivity contribution in [3.8, 4) is 11.3 Å². The SMILES string of the molecule is Cc1cc(-c2cc(C(=O)NC3C4(C)CCC(C4)C3(C)C)nn2Cc2ccc(CN)cc2)ccc1Cl. The van der Waals surface area contributed by atoms with Crippen LogP contribution in [-0.4, -0.2) is 21.7 Å². The third-order valence-corrected chi connectivity index (χ3v) is 9.03. The number of hydrogen-bond acceptors (Lipinski definition) is 3. The van der Waals surface area contributed by atoms with Crippen LogP contribution in [0.5, 0.6) is 0 Å². The van der Waals surface area contributed by atoms with Gasteiger partial charge in [-0.05, 0) is 77.8 Å². The Kier molecular flexibility index (Phi) is 6.05. The molecule has 35 heavy (non-hydrogen) atoms. The first-order valence-corrected chi connectivity index (χ1v) is 12.9. The number of aryl methyl sites for hydroxylation is 1. The van der Waals surface area contributed by atoms with Gasteiger partial charge in [0.15, 0.2) is 5.69 Å². The van der Waals surface area contributed by atoms with Gasteiger partial charge in [-0.2, -0.15) is 5.10 Å². The van der Waals surface area contributed by atoms with Gasteiger partial charge in [0.1, 0.15) is 0 Å². The normalized spacial score (nSPS) is 24.6. The first kappa shape index (κ1) is 24.1. The number of fused-ring (bicyclic) bond motifs is 2. The molecular weight excluding hydrogens is 456 g/mol. The Bertz CT molecular complexity index is 1260. The topological polar surface area (TPSA) is 72.9 Å². The van der Waals surface area contributed by atoms with Gasteiger partial charge in [0.2, 0.25) is 0 Å². The number of hydrogen-bond donors (Lipinski definition) is 2. The van der Waals surface area contributed by atoms with Gasteiger partial charge in [-0.25, -0.2) is 0 Å². The zero-order valence-corrected chi connectivity index (χ0v) is 21.8. The summed E-state index contributed by atoms with van der Waals surface area (Å²) in [7, 11) is 0. The molecule has 184 valence electrons. The van der Waals surface area contributed by atoms with Gasteiger partial charge in [0, 0.05) is 23.2 Å². The fraction of sp³-hybridized carbons (Fsp3) is 0.448. The second-order valence-electron chi connectivity index (χ2n) is 11.4. The lowest BCUT2D eigenvalue weighted by Crippen LogP contribution is -2.52. The van der Waals surface area contributed by atoms with Crippen molar-refractivity contribution in [2.45, 2.75) is 66.1 Å². The van der Waals surface area contributed by atoms with Crippen molar-refractivity contribution in [2.24, 2.45) is 22.5 Å². The summed E-state index contributed by atoms with van der Waals surface area (Å²) in [5.74, 6) is 0.570. The number of nitrogens with two attached hydrogens (primary N) is 1. The van der Waals surface area contributed by atoms with Crippen LogP contribution >= 0.6 is 11.6 Å². The van der Waals surface area contributed by atoms with E-state index in [0.717, 1.165) is 33.0 Å². The molecule has 0 spiro atoms. The van der Waals surface area contributed by atoms with Crippen molar-refractivity contribution in [3.63, 3.8) is 0 Å². The monoisotopic (exact) mass is 490 g/mol. The molecule has 0 radical (unpaired) electrons. The molecule has 2 bridgehead atoms. The smallest absolute Gasteiger partial charge is 0.272 e. The summed E-state index contributed by atoms with van der Waals surface area (Å²) in [6.45, 7) is 10.0. The molecule has 5 rings (SSSR count). The zero-order valence-electron chi connectivity index (χ0n) is 21.1. The molecule has 2 fully saturated rings. The van der Waals surface area contributed by atoms with Gasteiger partial charge < -0.3 is 11.1 Å². The minimum Gasteiger partial charge on any atom is -0.347 e. The Morgan fingerprint density at radius 3 is 2.49 bits per heavy atom. The molecule has 5 nitrogen and oxygen atoms in total. The van der Waals surface area contributed by atoms with E-state index in [4.69, 9.17) is 22.4 Å². The van der Waals surface area contributed by atoms with Crippen LogP contribution in [0.1, 0.15) is 67.2 Å². The van der Waals surface area contributed by atoms with Crippen LogP contribution in [0.25, 0.3) is 11.3 Å². The lowest BCUT2D eigenvalue weighted by Gasteiger charge is -2.42. The number of rotatable bonds is 6. The summed E-state index contributed by atoms with van der Waals surface area (Å²) >= 11 is 6.29. The highest BCUT2D eigenvalue weighted by atomic mass is 35.5. The third-order valence-electron chi connectivity index (χ3n) is 8.60. The predicted octanol–water partition coefficient (Wildman–Crippen LogP) is 5.96. The average Bonchev–Trinajstić information content (AvgIpc) is 3.48. The molecule has 2 aliphatic carbocycles. The van der Waals surface area contributed by atoms with Crippen molar-refractivity contribution >= 4 is 17.5 Å². The molecule has 1 amide bonds. The molecule has 3 unspecified atom stereocenters. The van der Waals surface area contributed by atoms with Crippen LogP contribution in [0.4, 0.5) is 0 Å². The number of nitrogens with zero attached hydrogens (tertiary/aromatic N) is 2. The summed E-state index contributed by atoms with van der Waals surface area (Å²) in [4.78, 5) is 13.5. The first-order valence-electron chi connectivity index (χ1n) is 12.5. The van der Waals surface area contributed by atoms with Crippen molar-refractivity contribution in [3.05, 3.63) is 75.9 Å². The molecule has 0 saturated heterocycles. The van der Waals surface area contributed by atoms with E-state index in [9.17, 15) is 4.79 Å². The van der Waals surface area contributed by atoms with E-state index < -0.39 is 0 Å². The number of nitrogens with one attached hydrogen (secondary N) is 1.